The van der Waals surface area contributed by atoms with Crippen LogP contribution in [-0.2, 0) is 22.3 Å². The molecule has 2 atom stereocenters. The van der Waals surface area contributed by atoms with Crippen LogP contribution >= 0.6 is 0 Å². The molecule has 0 bridgehead atoms. The Morgan fingerprint density at radius 3 is 1.02 bits per heavy atom. The quantitative estimate of drug-likeness (QED) is 0.0156. The molecule has 0 fully saturated rings. The molecule has 96 heavy (non-hydrogen) atoms. The van der Waals surface area contributed by atoms with E-state index in [0.29, 0.717) is 59.8 Å². The van der Waals surface area contributed by atoms with Crippen molar-refractivity contribution in [2.75, 3.05) is 36.9 Å². The highest BCUT2D eigenvalue weighted by Crippen LogP contribution is 2.41. The number of aromatic hydroxyl groups is 2. The van der Waals surface area contributed by atoms with Crippen molar-refractivity contribution >= 4 is 58.1 Å². The Kier molecular flexibility index (Phi) is 30.9. The van der Waals surface area contributed by atoms with Gasteiger partial charge in [-0.3, -0.25) is 19.2 Å². The number of rotatable bonds is 45. The number of carbonyl (C=O) groups is 6. The molecule has 8 rings (SSSR count). The van der Waals surface area contributed by atoms with Crippen LogP contribution in [-0.4, -0.2) is 71.8 Å². The van der Waals surface area contributed by atoms with E-state index in [0.717, 1.165) is 48.6 Å². The molecule has 514 valence electrons. The number of phenolic OH excluding ortho intramolecular Hbond substituents is 2. The van der Waals surface area contributed by atoms with E-state index in [-0.39, 0.29) is 81.2 Å². The van der Waals surface area contributed by atoms with Gasteiger partial charge in [-0.25, -0.2) is 9.59 Å². The van der Waals surface area contributed by atoms with Crippen molar-refractivity contribution in [1.82, 2.24) is 10.6 Å². The molecule has 6 aromatic carbocycles. The molecule has 0 heterocycles. The molecule has 6 N–H and O–H groups in total. The van der Waals surface area contributed by atoms with E-state index in [2.05, 4.69) is 35.1 Å². The van der Waals surface area contributed by atoms with Crippen molar-refractivity contribution in [3.8, 4) is 11.5 Å². The lowest BCUT2D eigenvalue weighted by atomic mass is 9.78. The van der Waals surface area contributed by atoms with Gasteiger partial charge < -0.3 is 41.0 Å². The molecule has 14 heteroatoms. The Bertz CT molecular complexity index is 3260. The van der Waals surface area contributed by atoms with Crippen molar-refractivity contribution in [3.63, 3.8) is 0 Å². The summed E-state index contributed by atoms with van der Waals surface area (Å²) in [6.45, 7) is 6.27. The number of unbranched alkanes of at least 4 members (excludes halogenated alkanes) is 22. The SMILES string of the molecule is CCCCCCC(CCCCCCCCCCCNC(=O)OCCc1cccc(Nc2ccc(O)c3c2C(=O)c2ccccc2C3=O)c1)C(CCCCCC)CCCCCCCCCCCNC(=O)OCCc1cccc(Nc2ccc(O)c3c2C(=O)c2ccccc2C3=O)c1. The first-order chi connectivity index (χ1) is 46.9. The second kappa shape index (κ2) is 40.3. The number of carbonyl (C=O) groups excluding carboxylic acids is 6. The van der Waals surface area contributed by atoms with Crippen molar-refractivity contribution in [2.24, 2.45) is 11.8 Å². The Balaban J connectivity index is 0.625. The second-order valence-corrected chi connectivity index (χ2v) is 26.6. The second-order valence-electron chi connectivity index (χ2n) is 26.6. The van der Waals surface area contributed by atoms with Crippen LogP contribution in [0.5, 0.6) is 11.5 Å². The molecule has 2 aliphatic rings. The minimum Gasteiger partial charge on any atom is -0.507 e. The summed E-state index contributed by atoms with van der Waals surface area (Å²) in [6, 6.07) is 34.6. The van der Waals surface area contributed by atoms with Crippen LogP contribution in [0.4, 0.5) is 32.3 Å². The number of anilines is 4. The zero-order valence-corrected chi connectivity index (χ0v) is 57.3. The van der Waals surface area contributed by atoms with E-state index in [1.807, 2.05) is 48.5 Å². The first-order valence-electron chi connectivity index (χ1n) is 36.6. The maximum absolute atomic E-state index is 13.5. The molecule has 0 saturated carbocycles. The molecule has 0 spiro atoms. The van der Waals surface area contributed by atoms with Crippen LogP contribution in [0.15, 0.2) is 121 Å². The summed E-state index contributed by atoms with van der Waals surface area (Å²) in [6.07, 6.45) is 38.6. The summed E-state index contributed by atoms with van der Waals surface area (Å²) in [5.74, 6) is -0.142. The Labute approximate surface area is 570 Å². The Hall–Kier alpha value is -8.26. The normalized spacial score (nSPS) is 12.9. The highest BCUT2D eigenvalue weighted by molar-refractivity contribution is 6.32. The van der Waals surface area contributed by atoms with Crippen LogP contribution in [0, 0.1) is 11.8 Å². The maximum Gasteiger partial charge on any atom is 0.407 e. The van der Waals surface area contributed by atoms with Crippen molar-refractivity contribution in [3.05, 3.63) is 177 Å². The number of hydrogen-bond acceptors (Lipinski definition) is 12. The van der Waals surface area contributed by atoms with E-state index in [9.17, 15) is 39.0 Å². The van der Waals surface area contributed by atoms with Gasteiger partial charge in [0.1, 0.15) is 11.5 Å². The Morgan fingerprint density at radius 2 is 0.677 bits per heavy atom. The molecule has 6 aromatic rings. The van der Waals surface area contributed by atoms with E-state index < -0.39 is 12.2 Å². The van der Waals surface area contributed by atoms with Crippen molar-refractivity contribution < 1.29 is 48.5 Å². The molecule has 0 radical (unpaired) electrons. The summed E-state index contributed by atoms with van der Waals surface area (Å²) in [5.41, 5.74) is 5.64. The largest absolute Gasteiger partial charge is 0.507 e. The van der Waals surface area contributed by atoms with Crippen LogP contribution in [0.1, 0.15) is 281 Å². The van der Waals surface area contributed by atoms with E-state index in [1.54, 1.807) is 60.7 Å². The predicted octanol–water partition coefficient (Wildman–Crippen LogP) is 20.3. The smallest absolute Gasteiger partial charge is 0.407 e. The van der Waals surface area contributed by atoms with Crippen molar-refractivity contribution in [1.29, 1.82) is 0 Å². The lowest BCUT2D eigenvalue weighted by Gasteiger charge is -2.28. The van der Waals surface area contributed by atoms with Gasteiger partial charge >= 0.3 is 12.2 Å². The summed E-state index contributed by atoms with van der Waals surface area (Å²) < 4.78 is 11.0. The average Bonchev–Trinajstić information content (AvgIpc) is 0.755. The number of benzene rings is 6. The molecule has 2 aliphatic carbocycles. The summed E-state index contributed by atoms with van der Waals surface area (Å²) in [7, 11) is 0. The zero-order chi connectivity index (χ0) is 67.7. The van der Waals surface area contributed by atoms with Crippen LogP contribution < -0.4 is 21.3 Å². The van der Waals surface area contributed by atoms with Crippen LogP contribution in [0.3, 0.4) is 0 Å². The molecule has 14 nitrogen and oxygen atoms in total. The van der Waals surface area contributed by atoms with Gasteiger partial charge in [0.25, 0.3) is 0 Å². The van der Waals surface area contributed by atoms with Gasteiger partial charge in [-0.1, -0.05) is 266 Å². The number of nitrogens with one attached hydrogen (secondary N) is 4. The highest BCUT2D eigenvalue weighted by atomic mass is 16.6. The van der Waals surface area contributed by atoms with E-state index in [4.69, 9.17) is 9.47 Å². The van der Waals surface area contributed by atoms with Gasteiger partial charge in [0, 0.05) is 59.6 Å². The number of fused-ring (bicyclic) bond motifs is 4. The minimum absolute atomic E-state index is 0.00322. The molecular weight excluding hydrogens is 1200 g/mol. The minimum atomic E-state index is -0.412. The molecule has 2 unspecified atom stereocenters. The molecule has 0 saturated heterocycles. The third-order valence-electron chi connectivity index (χ3n) is 19.3. The molecular formula is C82H106N4O10. The third kappa shape index (κ3) is 22.4. The number of ether oxygens (including phenoxy) is 2. The highest BCUT2D eigenvalue weighted by Gasteiger charge is 2.36. The number of alkyl carbamates (subject to hydrolysis) is 2. The van der Waals surface area contributed by atoms with Gasteiger partial charge in [-0.2, -0.15) is 0 Å². The molecule has 2 amide bonds. The number of phenols is 2. The molecule has 0 aromatic heterocycles. The summed E-state index contributed by atoms with van der Waals surface area (Å²) in [5, 5.41) is 33.6. The fourth-order valence-electron chi connectivity index (χ4n) is 14.0. The predicted molar refractivity (Wildman–Crippen MR) is 385 cm³/mol. The average molecular weight is 1310 g/mol. The topological polar surface area (TPSA) is 209 Å². The van der Waals surface area contributed by atoms with Gasteiger partial charge in [0.2, 0.25) is 0 Å². The number of ketones is 4. The van der Waals surface area contributed by atoms with Gasteiger partial charge in [-0.15, -0.1) is 0 Å². The lowest BCUT2D eigenvalue weighted by molar-refractivity contribution is 0.0977. The van der Waals surface area contributed by atoms with Crippen molar-refractivity contribution in [2.45, 2.75) is 219 Å². The van der Waals surface area contributed by atoms with Gasteiger partial charge in [0.15, 0.2) is 23.1 Å². The van der Waals surface area contributed by atoms with Crippen LogP contribution in [0.25, 0.3) is 0 Å². The Morgan fingerprint density at radius 1 is 0.365 bits per heavy atom. The first kappa shape index (κ1) is 73.5. The standard InChI is InChI=1S/C82H106N4O10/c1-3-5-7-23-37-61(39-25-19-15-11-9-13-17-21-31-53-83-81(93)95-55-51-59-35-33-41-63(57-59)85-69-47-49-71(87)75-73(69)77(89)65-43-27-29-45-67(65)79(75)91)62(38-24-8-6-4-2)40-26-20-16-12-10-14-18-22-32-54-84-82(94)96-56-52-60-36-34-42-64(58-60)86-70-48-50-72(88)76-74(70)78(90)66-44-28-30-46-68(66)80(76)92/h27-30,33-36,41-50,57-58,61-62,85-88H,3-26,31-32,37-40,51-56H2,1-2H3,(H,83,93)(H,84,94). The third-order valence-corrected chi connectivity index (χ3v) is 19.3. The lowest BCUT2D eigenvalue weighted by Crippen LogP contribution is -2.26. The number of amides is 2. The van der Waals surface area contributed by atoms with E-state index >= 15 is 0 Å². The monoisotopic (exact) mass is 1310 g/mol. The molecule has 0 aliphatic heterocycles. The van der Waals surface area contributed by atoms with E-state index in [1.165, 1.54) is 179 Å². The zero-order valence-electron chi connectivity index (χ0n) is 57.3. The number of hydrogen-bond donors (Lipinski definition) is 6. The maximum atomic E-state index is 13.5. The summed E-state index contributed by atoms with van der Waals surface area (Å²) >= 11 is 0. The fraction of sp³-hybridized carbons (Fsp3) is 0.488. The first-order valence-corrected chi connectivity index (χ1v) is 36.6. The van der Waals surface area contributed by atoms with Gasteiger partial charge in [-0.05, 0) is 84.3 Å². The fourth-order valence-corrected chi connectivity index (χ4v) is 14.0. The van der Waals surface area contributed by atoms with Gasteiger partial charge in [0.05, 0.1) is 46.8 Å². The van der Waals surface area contributed by atoms with Crippen LogP contribution in [0.2, 0.25) is 0 Å². The summed E-state index contributed by atoms with van der Waals surface area (Å²) in [4.78, 5) is 78.7.